The van der Waals surface area contributed by atoms with E-state index < -0.39 is 6.10 Å². The van der Waals surface area contributed by atoms with Gasteiger partial charge < -0.3 is 10.8 Å². The first-order valence-electron chi connectivity index (χ1n) is 4.37. The van der Waals surface area contributed by atoms with Crippen LogP contribution in [0.25, 0.3) is 0 Å². The van der Waals surface area contributed by atoms with Crippen molar-refractivity contribution in [1.82, 2.24) is 15.0 Å². The van der Waals surface area contributed by atoms with Crippen LogP contribution in [0, 0.1) is 0 Å². The van der Waals surface area contributed by atoms with E-state index in [4.69, 9.17) is 5.73 Å². The molecule has 0 fully saturated rings. The lowest BCUT2D eigenvalue weighted by atomic mass is 10.2. The fourth-order valence-corrected chi connectivity index (χ4v) is 0.919. The summed E-state index contributed by atoms with van der Waals surface area (Å²) >= 11 is 0. The van der Waals surface area contributed by atoms with Crippen LogP contribution in [0.1, 0.15) is 38.5 Å². The van der Waals surface area contributed by atoms with Crippen LogP contribution in [0.15, 0.2) is 6.20 Å². The molecular formula is C8H16N4O. The number of nitrogens with zero attached hydrogens (tertiary/aromatic N) is 3. The molecule has 13 heavy (non-hydrogen) atoms. The summed E-state index contributed by atoms with van der Waals surface area (Å²) in [6.07, 6.45) is 1.32. The molecule has 2 unspecified atom stereocenters. The lowest BCUT2D eigenvalue weighted by Gasteiger charge is -2.13. The van der Waals surface area contributed by atoms with E-state index in [0.717, 1.165) is 5.69 Å². The predicted molar refractivity (Wildman–Crippen MR) is 49.0 cm³/mol. The van der Waals surface area contributed by atoms with E-state index in [1.54, 1.807) is 17.8 Å². The van der Waals surface area contributed by atoms with Crippen molar-refractivity contribution in [1.29, 1.82) is 0 Å². The molecular weight excluding hydrogens is 168 g/mol. The van der Waals surface area contributed by atoms with Gasteiger partial charge in [0.2, 0.25) is 0 Å². The number of rotatable bonds is 3. The minimum Gasteiger partial charge on any atom is -0.391 e. The fourth-order valence-electron chi connectivity index (χ4n) is 0.919. The van der Waals surface area contributed by atoms with Crippen molar-refractivity contribution in [3.05, 3.63) is 11.9 Å². The quantitative estimate of drug-likeness (QED) is 0.705. The van der Waals surface area contributed by atoms with Gasteiger partial charge in [-0.1, -0.05) is 5.21 Å². The van der Waals surface area contributed by atoms with Gasteiger partial charge in [-0.3, -0.25) is 0 Å². The van der Waals surface area contributed by atoms with Gasteiger partial charge in [0.15, 0.2) is 0 Å². The molecule has 1 aromatic heterocycles. The van der Waals surface area contributed by atoms with Gasteiger partial charge in [-0.05, 0) is 20.8 Å². The van der Waals surface area contributed by atoms with Crippen LogP contribution in [0.4, 0.5) is 0 Å². The second kappa shape index (κ2) is 3.85. The van der Waals surface area contributed by atoms with Crippen LogP contribution in [-0.4, -0.2) is 26.2 Å². The molecule has 0 saturated heterocycles. The average molecular weight is 184 g/mol. The topological polar surface area (TPSA) is 77.0 Å². The van der Waals surface area contributed by atoms with Gasteiger partial charge in [-0.2, -0.15) is 0 Å². The molecule has 0 radical (unpaired) electrons. The number of hydrogen-bond donors (Lipinski definition) is 2. The Morgan fingerprint density at radius 1 is 1.46 bits per heavy atom. The third kappa shape index (κ3) is 2.26. The van der Waals surface area contributed by atoms with Gasteiger partial charge in [-0.25, -0.2) is 4.68 Å². The summed E-state index contributed by atoms with van der Waals surface area (Å²) in [6.45, 7) is 5.45. The van der Waals surface area contributed by atoms with Gasteiger partial charge >= 0.3 is 0 Å². The Bertz CT molecular complexity index is 269. The normalized spacial score (nSPS) is 18.2. The lowest BCUT2D eigenvalue weighted by molar-refractivity contribution is 0.131. The molecule has 1 aromatic rings. The minimum atomic E-state index is -0.442. The van der Waals surface area contributed by atoms with Gasteiger partial charge in [0.25, 0.3) is 0 Å². The van der Waals surface area contributed by atoms with E-state index in [-0.39, 0.29) is 12.1 Å². The third-order valence-corrected chi connectivity index (χ3v) is 2.11. The van der Waals surface area contributed by atoms with Gasteiger partial charge in [0, 0.05) is 6.04 Å². The van der Waals surface area contributed by atoms with Crippen LogP contribution in [-0.2, 0) is 0 Å². The number of aliphatic hydroxyl groups is 1. The molecule has 0 aliphatic heterocycles. The molecule has 0 aliphatic rings. The van der Waals surface area contributed by atoms with E-state index >= 15 is 0 Å². The van der Waals surface area contributed by atoms with E-state index in [0.29, 0.717) is 0 Å². The number of nitrogens with two attached hydrogens (primary N) is 1. The van der Waals surface area contributed by atoms with Crippen molar-refractivity contribution in [2.24, 2.45) is 5.73 Å². The van der Waals surface area contributed by atoms with Crippen molar-refractivity contribution in [2.45, 2.75) is 39.0 Å². The maximum absolute atomic E-state index is 9.30. The van der Waals surface area contributed by atoms with Crippen LogP contribution in [0.2, 0.25) is 0 Å². The minimum absolute atomic E-state index is 0.0694. The summed E-state index contributed by atoms with van der Waals surface area (Å²) in [5.41, 5.74) is 6.37. The van der Waals surface area contributed by atoms with Crippen LogP contribution < -0.4 is 5.73 Å². The van der Waals surface area contributed by atoms with Gasteiger partial charge in [-0.15, -0.1) is 5.10 Å². The SMILES string of the molecule is CC(O)C(C)n1cc([C@@H](C)N)nn1. The summed E-state index contributed by atoms with van der Waals surface area (Å²) in [5, 5.41) is 17.1. The Balaban J connectivity index is 2.79. The summed E-state index contributed by atoms with van der Waals surface area (Å²) in [5.74, 6) is 0. The molecule has 0 saturated carbocycles. The lowest BCUT2D eigenvalue weighted by Crippen LogP contribution is -2.18. The molecule has 0 aliphatic carbocycles. The molecule has 0 bridgehead atoms. The smallest absolute Gasteiger partial charge is 0.0991 e. The van der Waals surface area contributed by atoms with Gasteiger partial charge in [0.05, 0.1) is 24.0 Å². The molecule has 1 heterocycles. The van der Waals surface area contributed by atoms with E-state index in [1.807, 2.05) is 13.8 Å². The molecule has 74 valence electrons. The highest BCUT2D eigenvalue weighted by atomic mass is 16.3. The summed E-state index contributed by atoms with van der Waals surface area (Å²) < 4.78 is 1.63. The van der Waals surface area contributed by atoms with E-state index in [1.165, 1.54) is 0 Å². The molecule has 0 spiro atoms. The molecule has 3 N–H and O–H groups in total. The number of hydrogen-bond acceptors (Lipinski definition) is 4. The Kier molecular flexibility index (Phi) is 3.00. The molecule has 0 amide bonds. The van der Waals surface area contributed by atoms with Crippen molar-refractivity contribution in [2.75, 3.05) is 0 Å². The Hall–Kier alpha value is -0.940. The maximum Gasteiger partial charge on any atom is 0.0991 e. The first-order chi connectivity index (χ1) is 6.02. The monoisotopic (exact) mass is 184 g/mol. The molecule has 3 atom stereocenters. The zero-order chi connectivity index (χ0) is 10.0. The summed E-state index contributed by atoms with van der Waals surface area (Å²) in [6, 6.07) is -0.185. The third-order valence-electron chi connectivity index (χ3n) is 2.11. The zero-order valence-corrected chi connectivity index (χ0v) is 8.18. The van der Waals surface area contributed by atoms with E-state index in [9.17, 15) is 5.11 Å². The predicted octanol–water partition coefficient (Wildman–Crippen LogP) is 0.240. The zero-order valence-electron chi connectivity index (χ0n) is 8.18. The highest BCUT2D eigenvalue weighted by Crippen LogP contribution is 2.11. The number of aliphatic hydroxyl groups excluding tert-OH is 1. The van der Waals surface area contributed by atoms with E-state index in [2.05, 4.69) is 10.3 Å². The highest BCUT2D eigenvalue weighted by molar-refractivity contribution is 4.98. The van der Waals surface area contributed by atoms with Crippen molar-refractivity contribution in [3.8, 4) is 0 Å². The summed E-state index contributed by atoms with van der Waals surface area (Å²) in [4.78, 5) is 0. The maximum atomic E-state index is 9.30. The van der Waals surface area contributed by atoms with Crippen molar-refractivity contribution in [3.63, 3.8) is 0 Å². The van der Waals surface area contributed by atoms with Crippen molar-refractivity contribution >= 4 is 0 Å². The standard InChI is InChI=1S/C8H16N4O/c1-5(9)8-4-12(11-10-8)6(2)7(3)13/h4-7,13H,9H2,1-3H3/t5-,6?,7?/m1/s1. The second-order valence-electron chi connectivity index (χ2n) is 3.39. The van der Waals surface area contributed by atoms with Gasteiger partial charge in [0.1, 0.15) is 0 Å². The van der Waals surface area contributed by atoms with Crippen molar-refractivity contribution < 1.29 is 5.11 Å². The Morgan fingerprint density at radius 3 is 2.46 bits per heavy atom. The second-order valence-corrected chi connectivity index (χ2v) is 3.39. The van der Waals surface area contributed by atoms with Crippen LogP contribution >= 0.6 is 0 Å². The summed E-state index contributed by atoms with van der Waals surface area (Å²) in [7, 11) is 0. The molecule has 5 heteroatoms. The Labute approximate surface area is 77.6 Å². The average Bonchev–Trinajstić information content (AvgIpc) is 2.50. The van der Waals surface area contributed by atoms with Crippen LogP contribution in [0.5, 0.6) is 0 Å². The highest BCUT2D eigenvalue weighted by Gasteiger charge is 2.13. The molecule has 1 rings (SSSR count). The fraction of sp³-hybridized carbons (Fsp3) is 0.750. The molecule has 5 nitrogen and oxygen atoms in total. The molecule has 0 aromatic carbocycles. The largest absolute Gasteiger partial charge is 0.391 e. The first kappa shape index (κ1) is 10.1. The Morgan fingerprint density at radius 2 is 2.08 bits per heavy atom. The van der Waals surface area contributed by atoms with Crippen LogP contribution in [0.3, 0.4) is 0 Å². The first-order valence-corrected chi connectivity index (χ1v) is 4.37. The number of aromatic nitrogens is 3.